The summed E-state index contributed by atoms with van der Waals surface area (Å²) in [6.45, 7) is 1.11. The Bertz CT molecular complexity index is 850. The van der Waals surface area contributed by atoms with Crippen molar-refractivity contribution in [3.8, 4) is 0 Å². The molecule has 0 spiro atoms. The van der Waals surface area contributed by atoms with E-state index in [4.69, 9.17) is 4.74 Å². The number of nitrogens with one attached hydrogen (secondary N) is 1. The summed E-state index contributed by atoms with van der Waals surface area (Å²) >= 11 is 0. The van der Waals surface area contributed by atoms with Gasteiger partial charge in [-0.1, -0.05) is 48.0 Å². The van der Waals surface area contributed by atoms with Gasteiger partial charge in [-0.3, -0.25) is 10.1 Å². The Kier molecular flexibility index (Phi) is 5.71. The predicted molar refractivity (Wildman–Crippen MR) is 89.0 cm³/mol. The Morgan fingerprint density at radius 2 is 1.76 bits per heavy atom. The number of carbonyl (C=O) groups is 1. The second kappa shape index (κ2) is 7.75. The normalized spacial score (nSPS) is 12.2. The van der Waals surface area contributed by atoms with Crippen LogP contribution in [0.4, 0.5) is 4.79 Å². The molecule has 2 aromatic carbocycles. The molecule has 0 aliphatic rings. The lowest BCUT2D eigenvalue weighted by molar-refractivity contribution is -0.490. The molecule has 0 radical (unpaired) electrons. The van der Waals surface area contributed by atoms with E-state index in [-0.39, 0.29) is 4.90 Å². The van der Waals surface area contributed by atoms with Crippen molar-refractivity contribution in [2.45, 2.75) is 17.9 Å². The summed E-state index contributed by atoms with van der Waals surface area (Å²) < 4.78 is 31.0. The van der Waals surface area contributed by atoms with Crippen LogP contribution in [0.5, 0.6) is 0 Å². The molecule has 8 nitrogen and oxygen atoms in total. The van der Waals surface area contributed by atoms with Crippen LogP contribution in [0, 0.1) is 17.0 Å². The predicted octanol–water partition coefficient (Wildman–Crippen LogP) is 2.43. The quantitative estimate of drug-likeness (QED) is 0.622. The van der Waals surface area contributed by atoms with Gasteiger partial charge in [0.15, 0.2) is 6.10 Å². The van der Waals surface area contributed by atoms with Crippen molar-refractivity contribution in [2.75, 3.05) is 6.54 Å². The Hall–Kier alpha value is -2.94. The summed E-state index contributed by atoms with van der Waals surface area (Å²) in [6, 6.07) is 13.9. The standard InChI is InChI=1S/C16H16N2O6S/c1-12-7-9-14(10-8-12)25(22,23)17-16(19)24-15(11-18(20)21)13-5-3-2-4-6-13/h2-10,15H,11H2,1H3,(H,17,19). The van der Waals surface area contributed by atoms with Crippen LogP contribution in [0.1, 0.15) is 17.2 Å². The molecule has 0 fully saturated rings. The van der Waals surface area contributed by atoms with Crippen molar-refractivity contribution in [2.24, 2.45) is 0 Å². The van der Waals surface area contributed by atoms with E-state index in [9.17, 15) is 23.3 Å². The number of amides is 1. The lowest BCUT2D eigenvalue weighted by Crippen LogP contribution is -2.33. The number of nitrogens with zero attached hydrogens (tertiary/aromatic N) is 1. The lowest BCUT2D eigenvalue weighted by Gasteiger charge is -2.15. The molecule has 2 aromatic rings. The van der Waals surface area contributed by atoms with Gasteiger partial charge in [-0.2, -0.15) is 0 Å². The fourth-order valence-electron chi connectivity index (χ4n) is 2.05. The number of sulfonamides is 1. The summed E-state index contributed by atoms with van der Waals surface area (Å²) in [7, 11) is -4.13. The molecule has 0 bridgehead atoms. The molecule has 0 heterocycles. The van der Waals surface area contributed by atoms with Gasteiger partial charge >= 0.3 is 6.09 Å². The molecule has 1 amide bonds. The van der Waals surface area contributed by atoms with Crippen molar-refractivity contribution in [1.29, 1.82) is 0 Å². The van der Waals surface area contributed by atoms with E-state index in [1.54, 1.807) is 54.1 Å². The molecule has 1 N–H and O–H groups in total. The molecule has 0 aliphatic heterocycles. The SMILES string of the molecule is Cc1ccc(S(=O)(=O)NC(=O)OC(C[N+](=O)[O-])c2ccccc2)cc1. The van der Waals surface area contributed by atoms with Gasteiger partial charge in [0.2, 0.25) is 6.54 Å². The van der Waals surface area contributed by atoms with Gasteiger partial charge in [0, 0.05) is 4.92 Å². The summed E-state index contributed by atoms with van der Waals surface area (Å²) in [4.78, 5) is 22.0. The molecule has 1 atom stereocenters. The van der Waals surface area contributed by atoms with E-state index in [1.807, 2.05) is 0 Å². The van der Waals surface area contributed by atoms with Gasteiger partial charge in [0.1, 0.15) is 0 Å². The third-order valence-corrected chi connectivity index (χ3v) is 4.61. The van der Waals surface area contributed by atoms with Gasteiger partial charge in [-0.05, 0) is 24.6 Å². The first-order valence-electron chi connectivity index (χ1n) is 7.25. The molecule has 0 saturated carbocycles. The molecule has 2 rings (SSSR count). The average molecular weight is 364 g/mol. The average Bonchev–Trinajstić information content (AvgIpc) is 2.54. The highest BCUT2D eigenvalue weighted by Gasteiger charge is 2.25. The van der Waals surface area contributed by atoms with Crippen LogP contribution >= 0.6 is 0 Å². The molecule has 0 saturated heterocycles. The first-order chi connectivity index (χ1) is 11.8. The zero-order valence-electron chi connectivity index (χ0n) is 13.3. The van der Waals surface area contributed by atoms with Crippen LogP contribution in [0.25, 0.3) is 0 Å². The number of aryl methyl sites for hydroxylation is 1. The Labute approximate surface area is 144 Å². The van der Waals surface area contributed by atoms with Crippen molar-refractivity contribution in [1.82, 2.24) is 4.72 Å². The zero-order chi connectivity index (χ0) is 18.4. The van der Waals surface area contributed by atoms with Crippen molar-refractivity contribution < 1.29 is 22.9 Å². The second-order valence-electron chi connectivity index (χ2n) is 5.24. The number of benzene rings is 2. The third-order valence-electron chi connectivity index (χ3n) is 3.28. The monoisotopic (exact) mass is 364 g/mol. The maximum atomic E-state index is 12.1. The molecule has 132 valence electrons. The highest BCUT2D eigenvalue weighted by Crippen LogP contribution is 2.18. The molecule has 1 unspecified atom stereocenters. The molecular weight excluding hydrogens is 348 g/mol. The van der Waals surface area contributed by atoms with Crippen LogP contribution in [0.15, 0.2) is 59.5 Å². The first-order valence-corrected chi connectivity index (χ1v) is 8.73. The van der Waals surface area contributed by atoms with Gasteiger partial charge in [-0.25, -0.2) is 17.9 Å². The highest BCUT2D eigenvalue weighted by atomic mass is 32.2. The Balaban J connectivity index is 2.13. The number of nitro groups is 1. The van der Waals surface area contributed by atoms with E-state index in [2.05, 4.69) is 0 Å². The molecule has 0 aromatic heterocycles. The van der Waals surface area contributed by atoms with E-state index in [0.29, 0.717) is 5.56 Å². The summed E-state index contributed by atoms with van der Waals surface area (Å²) in [5.41, 5.74) is 1.25. The van der Waals surface area contributed by atoms with Crippen LogP contribution in [0.3, 0.4) is 0 Å². The number of ether oxygens (including phenoxy) is 1. The topological polar surface area (TPSA) is 116 Å². The van der Waals surface area contributed by atoms with E-state index >= 15 is 0 Å². The van der Waals surface area contributed by atoms with Crippen molar-refractivity contribution >= 4 is 16.1 Å². The number of hydrogen-bond acceptors (Lipinski definition) is 6. The molecule has 9 heteroatoms. The summed E-state index contributed by atoms with van der Waals surface area (Å²) in [5, 5.41) is 10.8. The first kappa shape index (κ1) is 18.4. The number of hydrogen-bond donors (Lipinski definition) is 1. The van der Waals surface area contributed by atoms with Crippen LogP contribution in [-0.2, 0) is 14.8 Å². The van der Waals surface area contributed by atoms with Crippen molar-refractivity contribution in [3.63, 3.8) is 0 Å². The van der Waals surface area contributed by atoms with E-state index < -0.39 is 33.7 Å². The lowest BCUT2D eigenvalue weighted by atomic mass is 10.1. The Morgan fingerprint density at radius 3 is 2.32 bits per heavy atom. The fourth-order valence-corrected chi connectivity index (χ4v) is 2.93. The van der Waals surface area contributed by atoms with Crippen LogP contribution in [0.2, 0.25) is 0 Å². The van der Waals surface area contributed by atoms with Crippen LogP contribution in [-0.4, -0.2) is 26.0 Å². The van der Waals surface area contributed by atoms with E-state index in [0.717, 1.165) is 5.56 Å². The number of rotatable bonds is 6. The molecule has 0 aliphatic carbocycles. The minimum atomic E-state index is -4.13. The van der Waals surface area contributed by atoms with Gasteiger partial charge in [0.25, 0.3) is 10.0 Å². The van der Waals surface area contributed by atoms with Gasteiger partial charge in [0.05, 0.1) is 4.90 Å². The zero-order valence-corrected chi connectivity index (χ0v) is 14.1. The molecular formula is C16H16N2O6S. The smallest absolute Gasteiger partial charge is 0.422 e. The fraction of sp³-hybridized carbons (Fsp3) is 0.188. The minimum Gasteiger partial charge on any atom is -0.434 e. The third kappa shape index (κ3) is 5.28. The summed E-state index contributed by atoms with van der Waals surface area (Å²) in [6.07, 6.45) is -2.49. The maximum absolute atomic E-state index is 12.1. The maximum Gasteiger partial charge on any atom is 0.422 e. The largest absolute Gasteiger partial charge is 0.434 e. The van der Waals surface area contributed by atoms with Gasteiger partial charge < -0.3 is 4.74 Å². The Morgan fingerprint density at radius 1 is 1.16 bits per heavy atom. The summed E-state index contributed by atoms with van der Waals surface area (Å²) in [5.74, 6) is 0. The molecule has 25 heavy (non-hydrogen) atoms. The second-order valence-corrected chi connectivity index (χ2v) is 6.92. The highest BCUT2D eigenvalue weighted by molar-refractivity contribution is 7.90. The minimum absolute atomic E-state index is 0.111. The van der Waals surface area contributed by atoms with Crippen molar-refractivity contribution in [3.05, 3.63) is 75.8 Å². The van der Waals surface area contributed by atoms with E-state index in [1.165, 1.54) is 12.1 Å². The van der Waals surface area contributed by atoms with Gasteiger partial charge in [-0.15, -0.1) is 0 Å². The number of carbonyl (C=O) groups excluding carboxylic acids is 1. The van der Waals surface area contributed by atoms with Crippen LogP contribution < -0.4 is 4.72 Å².